The Bertz CT molecular complexity index is 810. The summed E-state index contributed by atoms with van der Waals surface area (Å²) in [5.41, 5.74) is 9.83. The van der Waals surface area contributed by atoms with Crippen molar-refractivity contribution in [2.24, 2.45) is 5.84 Å². The smallest absolute Gasteiger partial charge is 0.0805 e. The van der Waals surface area contributed by atoms with Gasteiger partial charge in [0, 0.05) is 16.6 Å². The van der Waals surface area contributed by atoms with Gasteiger partial charge < -0.3 is 5.43 Å². The predicted molar refractivity (Wildman–Crippen MR) is 87.0 cm³/mol. The highest BCUT2D eigenvalue weighted by molar-refractivity contribution is 6.01. The highest BCUT2D eigenvalue weighted by atomic mass is 15.2. The number of nitrogens with two attached hydrogens (primary N) is 1. The molecule has 4 rings (SSSR count). The van der Waals surface area contributed by atoms with Crippen LogP contribution in [0, 0.1) is 0 Å². The lowest BCUT2D eigenvalue weighted by Crippen LogP contribution is -2.10. The lowest BCUT2D eigenvalue weighted by atomic mass is 9.99. The van der Waals surface area contributed by atoms with Gasteiger partial charge in [0.2, 0.25) is 0 Å². The first-order valence-electron chi connectivity index (χ1n) is 7.35. The Kier molecular flexibility index (Phi) is 2.86. The van der Waals surface area contributed by atoms with Crippen LogP contribution >= 0.6 is 0 Å². The molecule has 2 aromatic carbocycles. The van der Waals surface area contributed by atoms with Crippen molar-refractivity contribution in [2.75, 3.05) is 5.43 Å². The molecule has 1 aromatic heterocycles. The molecule has 1 aliphatic carbocycles. The summed E-state index contributed by atoms with van der Waals surface area (Å²) < 4.78 is 0. The minimum Gasteiger partial charge on any atom is -0.323 e. The van der Waals surface area contributed by atoms with E-state index in [2.05, 4.69) is 47.9 Å². The third-order valence-corrected chi connectivity index (χ3v) is 4.27. The third kappa shape index (κ3) is 1.89. The molecule has 104 valence electrons. The summed E-state index contributed by atoms with van der Waals surface area (Å²) in [5, 5.41) is 1.11. The lowest BCUT2D eigenvalue weighted by molar-refractivity contribution is 0.901. The van der Waals surface area contributed by atoms with Crippen molar-refractivity contribution in [3.05, 3.63) is 59.8 Å². The summed E-state index contributed by atoms with van der Waals surface area (Å²) in [6.07, 6.45) is 3.27. The largest absolute Gasteiger partial charge is 0.323 e. The van der Waals surface area contributed by atoms with Gasteiger partial charge in [-0.2, -0.15) is 0 Å². The molecule has 3 nitrogen and oxygen atoms in total. The second-order valence-corrected chi connectivity index (χ2v) is 5.48. The molecule has 0 aliphatic heterocycles. The molecule has 3 N–H and O–H groups in total. The van der Waals surface area contributed by atoms with Crippen molar-refractivity contribution < 1.29 is 0 Å². The Labute approximate surface area is 123 Å². The Morgan fingerprint density at radius 3 is 2.62 bits per heavy atom. The number of anilines is 1. The van der Waals surface area contributed by atoms with Crippen molar-refractivity contribution in [3.63, 3.8) is 0 Å². The van der Waals surface area contributed by atoms with E-state index in [-0.39, 0.29) is 0 Å². The van der Waals surface area contributed by atoms with Gasteiger partial charge in [-0.1, -0.05) is 48.5 Å². The maximum atomic E-state index is 5.80. The first kappa shape index (κ1) is 12.4. The van der Waals surface area contributed by atoms with E-state index in [1.54, 1.807) is 0 Å². The molecule has 0 fully saturated rings. The topological polar surface area (TPSA) is 50.9 Å². The fourth-order valence-corrected chi connectivity index (χ4v) is 3.30. The van der Waals surface area contributed by atoms with Crippen LogP contribution in [0.2, 0.25) is 0 Å². The fourth-order valence-electron chi connectivity index (χ4n) is 3.30. The highest BCUT2D eigenvalue weighted by Crippen LogP contribution is 2.37. The summed E-state index contributed by atoms with van der Waals surface area (Å²) in [6.45, 7) is 0. The maximum absolute atomic E-state index is 5.80. The van der Waals surface area contributed by atoms with Crippen molar-refractivity contribution in [3.8, 4) is 11.1 Å². The minimum atomic E-state index is 1.04. The predicted octanol–water partition coefficient (Wildman–Crippen LogP) is 3.68. The van der Waals surface area contributed by atoms with Crippen molar-refractivity contribution >= 4 is 16.6 Å². The fraction of sp³-hybridized carbons (Fsp3) is 0.167. The van der Waals surface area contributed by atoms with Crippen LogP contribution in [0.5, 0.6) is 0 Å². The van der Waals surface area contributed by atoms with Crippen LogP contribution in [0.25, 0.3) is 22.0 Å². The number of aryl methyl sites for hydroxylation is 1. The highest BCUT2D eigenvalue weighted by Gasteiger charge is 2.20. The van der Waals surface area contributed by atoms with Crippen LogP contribution < -0.4 is 11.3 Å². The quantitative estimate of drug-likeness (QED) is 0.554. The van der Waals surface area contributed by atoms with E-state index in [1.165, 1.54) is 22.4 Å². The van der Waals surface area contributed by atoms with E-state index >= 15 is 0 Å². The molecule has 1 heterocycles. The molecule has 0 saturated heterocycles. The second-order valence-electron chi connectivity index (χ2n) is 5.48. The number of para-hydroxylation sites is 1. The number of hydrazine groups is 1. The van der Waals surface area contributed by atoms with E-state index in [4.69, 9.17) is 10.8 Å². The summed E-state index contributed by atoms with van der Waals surface area (Å²) in [5.74, 6) is 5.80. The molecule has 0 saturated carbocycles. The van der Waals surface area contributed by atoms with Crippen LogP contribution in [0.3, 0.4) is 0 Å². The zero-order valence-corrected chi connectivity index (χ0v) is 11.8. The third-order valence-electron chi connectivity index (χ3n) is 4.27. The number of aromatic nitrogens is 1. The van der Waals surface area contributed by atoms with Gasteiger partial charge in [-0.15, -0.1) is 0 Å². The average Bonchev–Trinajstić information content (AvgIpc) is 3.01. The number of rotatable bonds is 2. The first-order chi connectivity index (χ1) is 10.4. The van der Waals surface area contributed by atoms with Gasteiger partial charge in [0.15, 0.2) is 0 Å². The lowest BCUT2D eigenvalue weighted by Gasteiger charge is -2.14. The van der Waals surface area contributed by atoms with Gasteiger partial charge >= 0.3 is 0 Å². The molecule has 0 unspecified atom stereocenters. The van der Waals surface area contributed by atoms with Gasteiger partial charge in [-0.25, -0.2) is 0 Å². The molecule has 0 bridgehead atoms. The van der Waals surface area contributed by atoms with E-state index in [0.717, 1.165) is 35.9 Å². The molecular formula is C18H17N3. The van der Waals surface area contributed by atoms with E-state index < -0.39 is 0 Å². The molecule has 0 amide bonds. The molecule has 21 heavy (non-hydrogen) atoms. The zero-order valence-electron chi connectivity index (χ0n) is 11.8. The molecule has 3 aromatic rings. The standard InChI is InChI=1S/C18H17N3/c19-21-18-14-9-5-11-16(14)20-17-13(8-4-10-15(17)18)12-6-2-1-3-7-12/h1-4,6-8,10H,5,9,11,19H2,(H,20,21). The molecule has 0 spiro atoms. The van der Waals surface area contributed by atoms with E-state index in [0.29, 0.717) is 0 Å². The maximum Gasteiger partial charge on any atom is 0.0805 e. The Balaban J connectivity index is 2.07. The SMILES string of the molecule is NNc1c2c(nc3c(-c4ccccc4)cccc13)CCC2. The number of hydrogen-bond donors (Lipinski definition) is 2. The van der Waals surface area contributed by atoms with Crippen LogP contribution in [-0.2, 0) is 12.8 Å². The normalized spacial score (nSPS) is 13.4. The number of pyridine rings is 1. The molecule has 3 heteroatoms. The summed E-state index contributed by atoms with van der Waals surface area (Å²) in [4.78, 5) is 4.95. The van der Waals surface area contributed by atoms with Crippen LogP contribution in [0.4, 0.5) is 5.69 Å². The van der Waals surface area contributed by atoms with Crippen LogP contribution in [0.15, 0.2) is 48.5 Å². The summed E-state index contributed by atoms with van der Waals surface area (Å²) in [6, 6.07) is 16.7. The Morgan fingerprint density at radius 2 is 1.81 bits per heavy atom. The number of hydrogen-bond acceptors (Lipinski definition) is 3. The van der Waals surface area contributed by atoms with Crippen LogP contribution in [-0.4, -0.2) is 4.98 Å². The molecular weight excluding hydrogens is 258 g/mol. The average molecular weight is 275 g/mol. The van der Waals surface area contributed by atoms with Crippen molar-refractivity contribution in [1.82, 2.24) is 4.98 Å². The van der Waals surface area contributed by atoms with Gasteiger partial charge in [-0.3, -0.25) is 10.8 Å². The van der Waals surface area contributed by atoms with E-state index in [9.17, 15) is 0 Å². The van der Waals surface area contributed by atoms with Crippen molar-refractivity contribution in [2.45, 2.75) is 19.3 Å². The molecule has 0 atom stereocenters. The van der Waals surface area contributed by atoms with E-state index in [1.807, 2.05) is 6.07 Å². The number of nitrogens with one attached hydrogen (secondary N) is 1. The molecule has 1 aliphatic rings. The number of nitrogen functional groups attached to an aromatic ring is 1. The summed E-state index contributed by atoms with van der Waals surface area (Å²) >= 11 is 0. The number of fused-ring (bicyclic) bond motifs is 2. The van der Waals surface area contributed by atoms with Crippen LogP contribution in [0.1, 0.15) is 17.7 Å². The molecule has 0 radical (unpaired) electrons. The summed E-state index contributed by atoms with van der Waals surface area (Å²) in [7, 11) is 0. The Morgan fingerprint density at radius 1 is 0.952 bits per heavy atom. The second kappa shape index (κ2) is 4.86. The Hall–Kier alpha value is -2.39. The van der Waals surface area contributed by atoms with Gasteiger partial charge in [0.05, 0.1) is 11.2 Å². The number of nitrogens with zero attached hydrogens (tertiary/aromatic N) is 1. The van der Waals surface area contributed by atoms with Gasteiger partial charge in [0.25, 0.3) is 0 Å². The van der Waals surface area contributed by atoms with Gasteiger partial charge in [-0.05, 0) is 30.4 Å². The zero-order chi connectivity index (χ0) is 14.2. The monoisotopic (exact) mass is 275 g/mol. The first-order valence-corrected chi connectivity index (χ1v) is 7.35. The number of benzene rings is 2. The van der Waals surface area contributed by atoms with Crippen molar-refractivity contribution in [1.29, 1.82) is 0 Å². The minimum absolute atomic E-state index is 1.04. The van der Waals surface area contributed by atoms with Gasteiger partial charge in [0.1, 0.15) is 0 Å².